The lowest BCUT2D eigenvalue weighted by Gasteiger charge is -2.03. The lowest BCUT2D eigenvalue weighted by atomic mass is 10.3. The number of hydrogen-bond acceptors (Lipinski definition) is 2. The van der Waals surface area contributed by atoms with Gasteiger partial charge in [0.25, 0.3) is 0 Å². The van der Waals surface area contributed by atoms with E-state index in [1.807, 2.05) is 0 Å². The fourth-order valence-corrected chi connectivity index (χ4v) is 0.661. The summed E-state index contributed by atoms with van der Waals surface area (Å²) in [5.74, 6) is -0.470. The molecule has 1 rings (SSSR count). The second-order valence-electron chi connectivity index (χ2n) is 2.22. The molecule has 64 valence electrons. The number of rotatable bonds is 2. The van der Waals surface area contributed by atoms with Gasteiger partial charge in [0.1, 0.15) is 5.82 Å². The molecular formula is C8H8FNO2. The predicted octanol–water partition coefficient (Wildman–Crippen LogP) is 1.26. The van der Waals surface area contributed by atoms with Crippen molar-refractivity contribution < 1.29 is 14.0 Å². The summed E-state index contributed by atoms with van der Waals surface area (Å²) in [6.45, 7) is 1.30. The van der Waals surface area contributed by atoms with Gasteiger partial charge in [0, 0.05) is 13.0 Å². The minimum absolute atomic E-state index is 0.269. The van der Waals surface area contributed by atoms with Crippen LogP contribution < -0.4 is 10.3 Å². The van der Waals surface area contributed by atoms with Crippen LogP contribution in [-0.4, -0.2) is 5.91 Å². The highest BCUT2D eigenvalue weighted by molar-refractivity contribution is 5.71. The monoisotopic (exact) mass is 169 g/mol. The van der Waals surface area contributed by atoms with Crippen LogP contribution in [0.25, 0.3) is 0 Å². The number of halogens is 1. The molecular weight excluding hydrogens is 161 g/mol. The van der Waals surface area contributed by atoms with E-state index in [4.69, 9.17) is 4.84 Å². The lowest BCUT2D eigenvalue weighted by Crippen LogP contribution is -2.23. The van der Waals surface area contributed by atoms with Gasteiger partial charge in [0.15, 0.2) is 5.75 Å². The van der Waals surface area contributed by atoms with E-state index in [0.29, 0.717) is 0 Å². The molecule has 0 aliphatic heterocycles. The maximum Gasteiger partial charge on any atom is 0.249 e. The molecule has 0 aliphatic carbocycles. The average molecular weight is 169 g/mol. The second kappa shape index (κ2) is 3.71. The van der Waals surface area contributed by atoms with Crippen molar-refractivity contribution in [2.75, 3.05) is 0 Å². The van der Waals surface area contributed by atoms with Crippen molar-refractivity contribution >= 4 is 5.91 Å². The molecule has 0 spiro atoms. The summed E-state index contributed by atoms with van der Waals surface area (Å²) in [6, 6.07) is 5.50. The Balaban J connectivity index is 2.57. The first-order valence-electron chi connectivity index (χ1n) is 3.37. The summed E-state index contributed by atoms with van der Waals surface area (Å²) in [7, 11) is 0. The van der Waals surface area contributed by atoms with Gasteiger partial charge in [0.05, 0.1) is 0 Å². The highest BCUT2D eigenvalue weighted by Crippen LogP contribution is 2.10. The quantitative estimate of drug-likeness (QED) is 0.677. The van der Waals surface area contributed by atoms with Gasteiger partial charge < -0.3 is 4.84 Å². The van der Waals surface area contributed by atoms with Crippen LogP contribution in [0, 0.1) is 5.82 Å². The summed E-state index contributed by atoms with van der Waals surface area (Å²) in [5.41, 5.74) is 2.08. The van der Waals surface area contributed by atoms with Crippen molar-refractivity contribution in [2.45, 2.75) is 6.92 Å². The van der Waals surface area contributed by atoms with Crippen LogP contribution in [0.4, 0.5) is 4.39 Å². The molecule has 1 amide bonds. The predicted molar refractivity (Wildman–Crippen MR) is 40.8 cm³/mol. The minimum Gasteiger partial charge on any atom is -0.379 e. The molecule has 1 aromatic rings. The van der Waals surface area contributed by atoms with Crippen molar-refractivity contribution in [3.05, 3.63) is 30.1 Å². The van der Waals surface area contributed by atoms with Gasteiger partial charge in [-0.15, -0.1) is 0 Å². The zero-order valence-electron chi connectivity index (χ0n) is 6.50. The maximum atomic E-state index is 12.5. The number of nitrogens with one attached hydrogen (secondary N) is 1. The van der Waals surface area contributed by atoms with Crippen molar-refractivity contribution in [2.24, 2.45) is 0 Å². The van der Waals surface area contributed by atoms with Crippen LogP contribution >= 0.6 is 0 Å². The molecule has 12 heavy (non-hydrogen) atoms. The zero-order chi connectivity index (χ0) is 8.97. The fraction of sp³-hybridized carbons (Fsp3) is 0.125. The highest BCUT2D eigenvalue weighted by atomic mass is 19.1. The summed E-state index contributed by atoms with van der Waals surface area (Å²) in [4.78, 5) is 15.1. The van der Waals surface area contributed by atoms with Crippen LogP contribution in [-0.2, 0) is 4.79 Å². The Morgan fingerprint density at radius 3 is 2.92 bits per heavy atom. The average Bonchev–Trinajstić information content (AvgIpc) is 2.01. The summed E-state index contributed by atoms with van der Waals surface area (Å²) in [6.07, 6.45) is 0. The van der Waals surface area contributed by atoms with E-state index in [2.05, 4.69) is 5.48 Å². The Morgan fingerprint density at radius 1 is 1.58 bits per heavy atom. The molecule has 0 atom stereocenters. The van der Waals surface area contributed by atoms with Gasteiger partial charge in [-0.25, -0.2) is 4.39 Å². The first-order valence-corrected chi connectivity index (χ1v) is 3.37. The van der Waals surface area contributed by atoms with Crippen LogP contribution in [0.3, 0.4) is 0 Å². The maximum absolute atomic E-state index is 12.5. The molecule has 1 N–H and O–H groups in total. The first kappa shape index (κ1) is 8.52. The smallest absolute Gasteiger partial charge is 0.249 e. The van der Waals surface area contributed by atoms with Crippen molar-refractivity contribution in [3.63, 3.8) is 0 Å². The third-order valence-corrected chi connectivity index (χ3v) is 1.11. The molecule has 0 fully saturated rings. The Morgan fingerprint density at radius 2 is 2.33 bits per heavy atom. The number of benzene rings is 1. The number of hydrogen-bond donors (Lipinski definition) is 1. The van der Waals surface area contributed by atoms with Gasteiger partial charge >= 0.3 is 0 Å². The van der Waals surface area contributed by atoms with Crippen molar-refractivity contribution in [1.29, 1.82) is 0 Å². The molecule has 0 aromatic heterocycles. The topological polar surface area (TPSA) is 38.3 Å². The summed E-state index contributed by atoms with van der Waals surface area (Å²) < 4.78 is 12.5. The van der Waals surface area contributed by atoms with Crippen LogP contribution in [0.15, 0.2) is 24.3 Å². The third-order valence-electron chi connectivity index (χ3n) is 1.11. The molecule has 0 radical (unpaired) electrons. The molecule has 3 nitrogen and oxygen atoms in total. The minimum atomic E-state index is -0.405. The fourth-order valence-electron chi connectivity index (χ4n) is 0.661. The number of hydroxylamine groups is 1. The molecule has 1 aromatic carbocycles. The highest BCUT2D eigenvalue weighted by Gasteiger charge is 1.96. The largest absolute Gasteiger partial charge is 0.379 e. The SMILES string of the molecule is CC(=O)NOc1cccc(F)c1. The third kappa shape index (κ3) is 2.57. The molecule has 0 aliphatic rings. The van der Waals surface area contributed by atoms with E-state index in [1.54, 1.807) is 6.07 Å². The first-order chi connectivity index (χ1) is 5.68. The van der Waals surface area contributed by atoms with E-state index in [1.165, 1.54) is 25.1 Å². The standard InChI is InChI=1S/C8H8FNO2/c1-6(11)10-12-8-4-2-3-7(9)5-8/h2-5H,1H3,(H,10,11). The molecule has 0 bridgehead atoms. The lowest BCUT2D eigenvalue weighted by molar-refractivity contribution is -0.125. The van der Waals surface area contributed by atoms with Crippen LogP contribution in [0.1, 0.15) is 6.92 Å². The Hall–Kier alpha value is -1.58. The van der Waals surface area contributed by atoms with E-state index in [0.717, 1.165) is 0 Å². The Labute approximate surface area is 69.1 Å². The number of amides is 1. The number of carbonyl (C=O) groups excluding carboxylic acids is 1. The van der Waals surface area contributed by atoms with Gasteiger partial charge in [-0.3, -0.25) is 4.79 Å². The van der Waals surface area contributed by atoms with E-state index < -0.39 is 5.82 Å². The molecule has 4 heteroatoms. The van der Waals surface area contributed by atoms with Crippen molar-refractivity contribution in [3.8, 4) is 5.75 Å². The zero-order valence-corrected chi connectivity index (χ0v) is 6.50. The van der Waals surface area contributed by atoms with Crippen LogP contribution in [0.5, 0.6) is 5.75 Å². The molecule has 0 saturated carbocycles. The Kier molecular flexibility index (Phi) is 2.63. The number of carbonyl (C=O) groups is 1. The van der Waals surface area contributed by atoms with Gasteiger partial charge in [-0.2, -0.15) is 5.48 Å². The Bertz CT molecular complexity index is 288. The van der Waals surface area contributed by atoms with Gasteiger partial charge in [-0.05, 0) is 12.1 Å². The molecule has 0 unspecified atom stereocenters. The van der Waals surface area contributed by atoms with Crippen LogP contribution in [0.2, 0.25) is 0 Å². The van der Waals surface area contributed by atoms with E-state index >= 15 is 0 Å². The van der Waals surface area contributed by atoms with E-state index in [9.17, 15) is 9.18 Å². The summed E-state index contributed by atoms with van der Waals surface area (Å²) >= 11 is 0. The van der Waals surface area contributed by atoms with E-state index in [-0.39, 0.29) is 11.7 Å². The van der Waals surface area contributed by atoms with Gasteiger partial charge in [0.2, 0.25) is 5.91 Å². The van der Waals surface area contributed by atoms with Crippen molar-refractivity contribution in [1.82, 2.24) is 5.48 Å². The molecule has 0 heterocycles. The molecule has 0 saturated heterocycles. The summed E-state index contributed by atoms with van der Waals surface area (Å²) in [5, 5.41) is 0. The second-order valence-corrected chi connectivity index (χ2v) is 2.22. The normalized spacial score (nSPS) is 9.17. The van der Waals surface area contributed by atoms with Gasteiger partial charge in [-0.1, -0.05) is 6.07 Å².